The van der Waals surface area contributed by atoms with E-state index in [1.54, 1.807) is 36.8 Å². The number of aromatic amines is 1. The summed E-state index contributed by atoms with van der Waals surface area (Å²) in [5.74, 6) is 0.499. The van der Waals surface area contributed by atoms with E-state index >= 15 is 0 Å². The Morgan fingerprint density at radius 3 is 2.74 bits per heavy atom. The maximum atomic E-state index is 11.7. The lowest BCUT2D eigenvalue weighted by atomic mass is 10.3. The van der Waals surface area contributed by atoms with Crippen molar-refractivity contribution in [2.45, 2.75) is 4.90 Å². The van der Waals surface area contributed by atoms with Crippen molar-refractivity contribution in [1.82, 2.24) is 19.9 Å². The number of aromatic nitrogens is 4. The summed E-state index contributed by atoms with van der Waals surface area (Å²) in [4.78, 5) is 15.7. The zero-order valence-electron chi connectivity index (χ0n) is 10.0. The van der Waals surface area contributed by atoms with E-state index in [1.807, 2.05) is 0 Å². The highest BCUT2D eigenvalue weighted by Gasteiger charge is 2.15. The van der Waals surface area contributed by atoms with Crippen molar-refractivity contribution in [3.8, 4) is 11.5 Å². The number of nitrogens with zero attached hydrogens (tertiary/aromatic N) is 3. The Kier molecular flexibility index (Phi) is 2.56. The van der Waals surface area contributed by atoms with Gasteiger partial charge in [-0.05, 0) is 12.1 Å². The zero-order valence-corrected chi connectivity index (χ0v) is 10.8. The van der Waals surface area contributed by atoms with Gasteiger partial charge in [0.05, 0.1) is 16.6 Å². The van der Waals surface area contributed by atoms with Crippen LogP contribution in [0.1, 0.15) is 0 Å². The van der Waals surface area contributed by atoms with E-state index in [0.717, 1.165) is 0 Å². The Morgan fingerprint density at radius 1 is 1.21 bits per heavy atom. The first-order chi connectivity index (χ1) is 9.05. The summed E-state index contributed by atoms with van der Waals surface area (Å²) in [5.41, 5.74) is 1.65. The molecular formula is C12H10N4O2S. The molecule has 0 unspecified atom stereocenters. The third-order valence-electron chi connectivity index (χ3n) is 2.68. The largest absolute Gasteiger partial charge is 0.337 e. The molecule has 1 N–H and O–H groups in total. The molecule has 1 aromatic carbocycles. The second-order valence-corrected chi connectivity index (χ2v) is 6.08. The van der Waals surface area contributed by atoms with Gasteiger partial charge in [-0.2, -0.15) is 0 Å². The number of fused-ring (bicyclic) bond motifs is 1. The average Bonchev–Trinajstić information content (AvgIpc) is 2.82. The standard InChI is InChI=1S/C12H10N4O2S/c1-19(17,18)10-4-2-3-8-11(10)16-12(15-8)9-7-13-5-6-14-9/h2-7H,1H3,(H,15,16). The fourth-order valence-corrected chi connectivity index (χ4v) is 2.68. The van der Waals surface area contributed by atoms with Gasteiger partial charge in [0.15, 0.2) is 15.7 Å². The SMILES string of the molecule is CS(=O)(=O)c1cccc2[nH]c(-c3cnccn3)nc12. The fraction of sp³-hybridized carbons (Fsp3) is 0.0833. The van der Waals surface area contributed by atoms with Crippen LogP contribution in [-0.2, 0) is 9.84 Å². The van der Waals surface area contributed by atoms with Crippen LogP contribution in [0, 0.1) is 0 Å². The summed E-state index contributed by atoms with van der Waals surface area (Å²) < 4.78 is 23.4. The third-order valence-corrected chi connectivity index (χ3v) is 3.81. The molecule has 6 nitrogen and oxygen atoms in total. The van der Waals surface area contributed by atoms with Crippen molar-refractivity contribution in [1.29, 1.82) is 0 Å². The van der Waals surface area contributed by atoms with E-state index in [9.17, 15) is 8.42 Å². The highest BCUT2D eigenvalue weighted by Crippen LogP contribution is 2.24. The number of hydrogen-bond acceptors (Lipinski definition) is 5. The molecule has 0 radical (unpaired) electrons. The van der Waals surface area contributed by atoms with E-state index in [-0.39, 0.29) is 4.90 Å². The summed E-state index contributed by atoms with van der Waals surface area (Å²) >= 11 is 0. The third kappa shape index (κ3) is 2.08. The molecule has 0 fully saturated rings. The molecule has 0 spiro atoms. The first-order valence-electron chi connectivity index (χ1n) is 5.51. The normalized spacial score (nSPS) is 11.8. The minimum atomic E-state index is -3.32. The van der Waals surface area contributed by atoms with E-state index in [1.165, 1.54) is 6.26 Å². The van der Waals surface area contributed by atoms with Gasteiger partial charge in [-0.15, -0.1) is 0 Å². The maximum absolute atomic E-state index is 11.7. The number of para-hydroxylation sites is 1. The van der Waals surface area contributed by atoms with Crippen LogP contribution in [0.5, 0.6) is 0 Å². The number of imidazole rings is 1. The van der Waals surface area contributed by atoms with Gasteiger partial charge < -0.3 is 4.98 Å². The summed E-state index contributed by atoms with van der Waals surface area (Å²) in [6.07, 6.45) is 5.85. The van der Waals surface area contributed by atoms with Crippen LogP contribution >= 0.6 is 0 Å². The number of benzene rings is 1. The molecule has 2 heterocycles. The highest BCUT2D eigenvalue weighted by atomic mass is 32.2. The first-order valence-corrected chi connectivity index (χ1v) is 7.40. The minimum Gasteiger partial charge on any atom is -0.337 e. The lowest BCUT2D eigenvalue weighted by molar-refractivity contribution is 0.602. The molecular weight excluding hydrogens is 264 g/mol. The van der Waals surface area contributed by atoms with Gasteiger partial charge in [0.25, 0.3) is 0 Å². The quantitative estimate of drug-likeness (QED) is 0.763. The molecule has 0 saturated carbocycles. The number of sulfone groups is 1. The minimum absolute atomic E-state index is 0.205. The number of rotatable bonds is 2. The monoisotopic (exact) mass is 274 g/mol. The van der Waals surface area contributed by atoms with Crippen molar-refractivity contribution in [3.05, 3.63) is 36.8 Å². The highest BCUT2D eigenvalue weighted by molar-refractivity contribution is 7.91. The van der Waals surface area contributed by atoms with Crippen LogP contribution in [-0.4, -0.2) is 34.6 Å². The van der Waals surface area contributed by atoms with Crippen molar-refractivity contribution >= 4 is 20.9 Å². The molecule has 0 atom stereocenters. The predicted octanol–water partition coefficient (Wildman–Crippen LogP) is 1.42. The summed E-state index contributed by atoms with van der Waals surface area (Å²) in [6.45, 7) is 0. The first kappa shape index (κ1) is 11.8. The zero-order chi connectivity index (χ0) is 13.5. The lowest BCUT2D eigenvalue weighted by Crippen LogP contribution is -1.97. The Bertz CT molecular complexity index is 841. The molecule has 3 aromatic rings. The van der Waals surface area contributed by atoms with Crippen molar-refractivity contribution < 1.29 is 8.42 Å². The molecule has 0 saturated heterocycles. The Morgan fingerprint density at radius 2 is 2.05 bits per heavy atom. The van der Waals surface area contributed by atoms with Crippen molar-refractivity contribution in [3.63, 3.8) is 0 Å². The summed E-state index contributed by atoms with van der Waals surface area (Å²) in [5, 5.41) is 0. The van der Waals surface area contributed by atoms with Gasteiger partial charge in [-0.3, -0.25) is 4.98 Å². The molecule has 0 amide bonds. The van der Waals surface area contributed by atoms with Gasteiger partial charge >= 0.3 is 0 Å². The van der Waals surface area contributed by atoms with Gasteiger partial charge in [-0.25, -0.2) is 18.4 Å². The van der Waals surface area contributed by atoms with E-state index in [2.05, 4.69) is 19.9 Å². The Balaban J connectivity index is 2.28. The van der Waals surface area contributed by atoms with Crippen molar-refractivity contribution in [2.75, 3.05) is 6.26 Å². The van der Waals surface area contributed by atoms with E-state index in [4.69, 9.17) is 0 Å². The van der Waals surface area contributed by atoms with E-state index in [0.29, 0.717) is 22.6 Å². The Hall–Kier alpha value is -2.28. The van der Waals surface area contributed by atoms with Gasteiger partial charge in [0.2, 0.25) is 0 Å². The molecule has 7 heteroatoms. The van der Waals surface area contributed by atoms with Crippen molar-refractivity contribution in [2.24, 2.45) is 0 Å². The van der Waals surface area contributed by atoms with Crippen LogP contribution < -0.4 is 0 Å². The van der Waals surface area contributed by atoms with Crippen LogP contribution in [0.3, 0.4) is 0 Å². The second-order valence-electron chi connectivity index (χ2n) is 4.10. The topological polar surface area (TPSA) is 88.6 Å². The average molecular weight is 274 g/mol. The van der Waals surface area contributed by atoms with Gasteiger partial charge in [0.1, 0.15) is 11.2 Å². The molecule has 0 aliphatic carbocycles. The number of nitrogens with one attached hydrogen (secondary N) is 1. The number of H-pyrrole nitrogens is 1. The Labute approximate surface area is 109 Å². The van der Waals surface area contributed by atoms with Gasteiger partial charge in [-0.1, -0.05) is 6.07 Å². The second kappa shape index (κ2) is 4.13. The van der Waals surface area contributed by atoms with E-state index < -0.39 is 9.84 Å². The molecule has 2 aromatic heterocycles. The lowest BCUT2D eigenvalue weighted by Gasteiger charge is -1.97. The summed E-state index contributed by atoms with van der Waals surface area (Å²) in [7, 11) is -3.32. The molecule has 0 bridgehead atoms. The predicted molar refractivity (Wildman–Crippen MR) is 70.2 cm³/mol. The number of hydrogen-bond donors (Lipinski definition) is 1. The van der Waals surface area contributed by atoms with Gasteiger partial charge in [0, 0.05) is 18.6 Å². The fourth-order valence-electron chi connectivity index (χ4n) is 1.85. The summed E-state index contributed by atoms with van der Waals surface area (Å²) in [6, 6.07) is 4.99. The van der Waals surface area contributed by atoms with Crippen LogP contribution in [0.2, 0.25) is 0 Å². The van der Waals surface area contributed by atoms with Crippen LogP contribution in [0.15, 0.2) is 41.7 Å². The molecule has 0 aliphatic rings. The van der Waals surface area contributed by atoms with Crippen LogP contribution in [0.4, 0.5) is 0 Å². The molecule has 3 rings (SSSR count). The maximum Gasteiger partial charge on any atom is 0.177 e. The molecule has 19 heavy (non-hydrogen) atoms. The molecule has 96 valence electrons. The smallest absolute Gasteiger partial charge is 0.177 e. The molecule has 0 aliphatic heterocycles. The van der Waals surface area contributed by atoms with Crippen LogP contribution in [0.25, 0.3) is 22.6 Å².